The monoisotopic (exact) mass is 167 g/mol. The third-order valence-corrected chi connectivity index (χ3v) is 3.72. The highest BCUT2D eigenvalue weighted by atomic mass is 28.3. The molecule has 0 atom stereocenters. The molecule has 0 spiro atoms. The molecule has 11 heavy (non-hydrogen) atoms. The number of aldehydes is 1. The quantitative estimate of drug-likeness (QED) is 0.524. The second-order valence-corrected chi connectivity index (χ2v) is 8.79. The molecule has 60 valence electrons. The van der Waals surface area contributed by atoms with Crippen LogP contribution in [0.4, 0.5) is 0 Å². The van der Waals surface area contributed by atoms with E-state index in [0.29, 0.717) is 5.69 Å². The molecule has 3 heteroatoms. The Kier molecular flexibility index (Phi) is 2.00. The SMILES string of the molecule is C[Si](C)(C)c1c[nH]c(C=O)c1. The van der Waals surface area contributed by atoms with Crippen LogP contribution in [0.1, 0.15) is 10.5 Å². The van der Waals surface area contributed by atoms with Crippen LogP contribution in [0, 0.1) is 0 Å². The molecule has 1 aromatic rings. The van der Waals surface area contributed by atoms with Crippen molar-refractivity contribution in [2.45, 2.75) is 19.6 Å². The first-order valence-corrected chi connectivity index (χ1v) is 7.18. The molecule has 1 heterocycles. The first kappa shape index (κ1) is 8.27. The van der Waals surface area contributed by atoms with Crippen LogP contribution in [0.3, 0.4) is 0 Å². The van der Waals surface area contributed by atoms with Gasteiger partial charge < -0.3 is 4.98 Å². The molecule has 1 aromatic heterocycles. The molecule has 0 aliphatic heterocycles. The molecule has 0 aliphatic carbocycles. The fourth-order valence-electron chi connectivity index (χ4n) is 0.913. The first-order valence-electron chi connectivity index (χ1n) is 3.68. The molecule has 1 N–H and O–H groups in total. The predicted molar refractivity (Wildman–Crippen MR) is 49.2 cm³/mol. The van der Waals surface area contributed by atoms with E-state index in [4.69, 9.17) is 0 Å². The Labute approximate surface area is 67.6 Å². The van der Waals surface area contributed by atoms with Gasteiger partial charge in [0.1, 0.15) is 0 Å². The van der Waals surface area contributed by atoms with Crippen LogP contribution in [-0.2, 0) is 0 Å². The Hall–Kier alpha value is -0.833. The summed E-state index contributed by atoms with van der Waals surface area (Å²) in [5.41, 5.74) is 0.683. The smallest absolute Gasteiger partial charge is 0.166 e. The fraction of sp³-hybridized carbons (Fsp3) is 0.375. The van der Waals surface area contributed by atoms with Crippen LogP contribution in [0.5, 0.6) is 0 Å². The third-order valence-electron chi connectivity index (χ3n) is 1.70. The molecule has 0 saturated carbocycles. The van der Waals surface area contributed by atoms with Crippen molar-refractivity contribution in [2.75, 3.05) is 0 Å². The second-order valence-electron chi connectivity index (χ2n) is 3.71. The lowest BCUT2D eigenvalue weighted by Gasteiger charge is -2.12. The lowest BCUT2D eigenvalue weighted by atomic mass is 10.5. The van der Waals surface area contributed by atoms with Crippen molar-refractivity contribution in [3.8, 4) is 0 Å². The topological polar surface area (TPSA) is 32.9 Å². The van der Waals surface area contributed by atoms with Crippen LogP contribution >= 0.6 is 0 Å². The van der Waals surface area contributed by atoms with E-state index in [1.165, 1.54) is 5.19 Å². The van der Waals surface area contributed by atoms with Gasteiger partial charge in [-0.25, -0.2) is 0 Å². The van der Waals surface area contributed by atoms with Gasteiger partial charge in [-0.05, 0) is 11.3 Å². The number of aromatic nitrogens is 1. The molecule has 0 fully saturated rings. The van der Waals surface area contributed by atoms with E-state index >= 15 is 0 Å². The number of carbonyl (C=O) groups is 1. The minimum atomic E-state index is -1.22. The predicted octanol–water partition coefficient (Wildman–Crippen LogP) is 1.37. The summed E-state index contributed by atoms with van der Waals surface area (Å²) in [5.74, 6) is 0. The number of hydrogen-bond acceptors (Lipinski definition) is 1. The van der Waals surface area contributed by atoms with E-state index in [-0.39, 0.29) is 0 Å². The molecule has 0 aromatic carbocycles. The molecule has 0 bridgehead atoms. The molecule has 1 rings (SSSR count). The lowest BCUT2D eigenvalue weighted by Crippen LogP contribution is -2.36. The summed E-state index contributed by atoms with van der Waals surface area (Å²) in [6, 6.07) is 1.94. The number of H-pyrrole nitrogens is 1. The van der Waals surface area contributed by atoms with E-state index in [2.05, 4.69) is 24.6 Å². The maximum Gasteiger partial charge on any atom is 0.166 e. The van der Waals surface area contributed by atoms with Crippen molar-refractivity contribution in [3.63, 3.8) is 0 Å². The van der Waals surface area contributed by atoms with Gasteiger partial charge >= 0.3 is 0 Å². The summed E-state index contributed by atoms with van der Waals surface area (Å²) in [4.78, 5) is 13.3. The number of aromatic amines is 1. The molecule has 0 unspecified atom stereocenters. The standard InChI is InChI=1S/C8H13NOSi/c1-11(2,3)8-4-7(6-10)9-5-8/h4-6,9H,1-3H3. The highest BCUT2D eigenvalue weighted by Crippen LogP contribution is 2.02. The Morgan fingerprint density at radius 1 is 1.45 bits per heavy atom. The van der Waals surface area contributed by atoms with Crippen molar-refractivity contribution in [2.24, 2.45) is 0 Å². The maximum atomic E-state index is 10.3. The second kappa shape index (κ2) is 2.66. The third kappa shape index (κ3) is 1.80. The van der Waals surface area contributed by atoms with Crippen LogP contribution in [0.25, 0.3) is 0 Å². The lowest BCUT2D eigenvalue weighted by molar-refractivity contribution is 0.111. The average Bonchev–Trinajstić information content (AvgIpc) is 2.32. The van der Waals surface area contributed by atoms with Crippen LogP contribution in [0.15, 0.2) is 12.3 Å². The molecule has 0 saturated heterocycles. The molecule has 0 aliphatic rings. The van der Waals surface area contributed by atoms with Gasteiger partial charge in [0.05, 0.1) is 13.8 Å². The van der Waals surface area contributed by atoms with Gasteiger partial charge in [-0.1, -0.05) is 19.6 Å². The summed E-state index contributed by atoms with van der Waals surface area (Å²) in [6.45, 7) is 6.76. The van der Waals surface area contributed by atoms with E-state index < -0.39 is 8.07 Å². The Morgan fingerprint density at radius 2 is 2.09 bits per heavy atom. The highest BCUT2D eigenvalue weighted by molar-refractivity contribution is 6.88. The summed E-state index contributed by atoms with van der Waals surface area (Å²) < 4.78 is 0. The van der Waals surface area contributed by atoms with Crippen LogP contribution in [-0.4, -0.2) is 19.3 Å². The average molecular weight is 167 g/mol. The molecular weight excluding hydrogens is 154 g/mol. The van der Waals surface area contributed by atoms with E-state index in [1.54, 1.807) is 0 Å². The Balaban J connectivity index is 2.98. The van der Waals surface area contributed by atoms with E-state index in [0.717, 1.165) is 6.29 Å². The van der Waals surface area contributed by atoms with Gasteiger partial charge in [0, 0.05) is 6.20 Å². The van der Waals surface area contributed by atoms with Crippen molar-refractivity contribution in [1.29, 1.82) is 0 Å². The Bertz CT molecular complexity index is 259. The maximum absolute atomic E-state index is 10.3. The number of rotatable bonds is 2. The first-order chi connectivity index (χ1) is 5.04. The van der Waals surface area contributed by atoms with E-state index in [9.17, 15) is 4.79 Å². The fourth-order valence-corrected chi connectivity index (χ4v) is 2.01. The number of nitrogens with one attached hydrogen (secondary N) is 1. The van der Waals surface area contributed by atoms with Crippen LogP contribution < -0.4 is 5.19 Å². The van der Waals surface area contributed by atoms with Gasteiger partial charge in [-0.3, -0.25) is 4.79 Å². The van der Waals surface area contributed by atoms with Crippen molar-refractivity contribution >= 4 is 19.5 Å². The molecule has 0 amide bonds. The zero-order valence-corrected chi connectivity index (χ0v) is 8.14. The zero-order chi connectivity index (χ0) is 8.48. The molecular formula is C8H13NOSi. The summed E-state index contributed by atoms with van der Waals surface area (Å²) in [5, 5.41) is 1.31. The van der Waals surface area contributed by atoms with Crippen molar-refractivity contribution < 1.29 is 4.79 Å². The number of carbonyl (C=O) groups excluding carboxylic acids is 1. The van der Waals surface area contributed by atoms with Gasteiger partial charge in [-0.2, -0.15) is 0 Å². The minimum absolute atomic E-state index is 0.683. The Morgan fingerprint density at radius 3 is 2.36 bits per heavy atom. The number of hydrogen-bond donors (Lipinski definition) is 1. The van der Waals surface area contributed by atoms with Gasteiger partial charge in [0.2, 0.25) is 0 Å². The highest BCUT2D eigenvalue weighted by Gasteiger charge is 2.17. The summed E-state index contributed by atoms with van der Waals surface area (Å²) in [6.07, 6.45) is 2.79. The molecule has 2 nitrogen and oxygen atoms in total. The minimum Gasteiger partial charge on any atom is -0.359 e. The van der Waals surface area contributed by atoms with E-state index in [1.807, 2.05) is 12.3 Å². The van der Waals surface area contributed by atoms with Gasteiger partial charge in [0.25, 0.3) is 0 Å². The van der Waals surface area contributed by atoms with Crippen molar-refractivity contribution in [3.05, 3.63) is 18.0 Å². The zero-order valence-electron chi connectivity index (χ0n) is 7.14. The van der Waals surface area contributed by atoms with Gasteiger partial charge in [-0.15, -0.1) is 0 Å². The largest absolute Gasteiger partial charge is 0.359 e. The normalized spacial score (nSPS) is 11.5. The van der Waals surface area contributed by atoms with Gasteiger partial charge in [0.15, 0.2) is 6.29 Å². The van der Waals surface area contributed by atoms with Crippen molar-refractivity contribution in [1.82, 2.24) is 4.98 Å². The molecule has 0 radical (unpaired) electrons. The summed E-state index contributed by atoms with van der Waals surface area (Å²) >= 11 is 0. The van der Waals surface area contributed by atoms with Crippen LogP contribution in [0.2, 0.25) is 19.6 Å². The summed E-state index contributed by atoms with van der Waals surface area (Å²) in [7, 11) is -1.22.